The summed E-state index contributed by atoms with van der Waals surface area (Å²) in [7, 11) is 1.76. The van der Waals surface area contributed by atoms with Gasteiger partial charge in [0.1, 0.15) is 6.33 Å². The molecule has 2 aromatic rings. The molecule has 0 aliphatic carbocycles. The predicted molar refractivity (Wildman–Crippen MR) is 103 cm³/mol. The van der Waals surface area contributed by atoms with Crippen LogP contribution in [0.25, 0.3) is 0 Å². The van der Waals surface area contributed by atoms with Crippen LogP contribution in [-0.4, -0.2) is 41.1 Å². The molecule has 0 radical (unpaired) electrons. The molecule has 0 fully saturated rings. The van der Waals surface area contributed by atoms with E-state index in [0.29, 0.717) is 17.8 Å². The Balaban J connectivity index is 2.35. The molecule has 0 amide bonds. The van der Waals surface area contributed by atoms with Gasteiger partial charge < -0.3 is 15.0 Å². The highest BCUT2D eigenvalue weighted by molar-refractivity contribution is 5.91. The van der Waals surface area contributed by atoms with Gasteiger partial charge in [-0.3, -0.25) is 10.1 Å². The number of nitrogens with zero attached hydrogens (tertiary/aromatic N) is 4. The molecule has 9 heteroatoms. The van der Waals surface area contributed by atoms with Crippen LogP contribution in [0.2, 0.25) is 0 Å². The highest BCUT2D eigenvalue weighted by Crippen LogP contribution is 2.33. The van der Waals surface area contributed by atoms with E-state index < -0.39 is 10.9 Å². The number of unbranched alkanes of at least 4 members (excludes halogenated alkanes) is 1. The second-order valence-corrected chi connectivity index (χ2v) is 5.85. The molecule has 0 aliphatic rings. The number of aromatic nitrogens is 2. The third-order valence-corrected chi connectivity index (χ3v) is 3.83. The smallest absolute Gasteiger partial charge is 0.353 e. The maximum atomic E-state index is 11.9. The van der Waals surface area contributed by atoms with Gasteiger partial charge >= 0.3 is 11.7 Å². The largest absolute Gasteiger partial charge is 0.462 e. The molecule has 0 atom stereocenters. The first-order valence-electron chi connectivity index (χ1n) is 8.72. The Kier molecular flexibility index (Phi) is 7.04. The van der Waals surface area contributed by atoms with Gasteiger partial charge in [-0.2, -0.15) is 0 Å². The molecule has 1 aromatic heterocycles. The van der Waals surface area contributed by atoms with E-state index in [1.54, 1.807) is 43.1 Å². The highest BCUT2D eigenvalue weighted by atomic mass is 16.6. The van der Waals surface area contributed by atoms with Crippen molar-refractivity contribution in [2.45, 2.75) is 26.7 Å². The van der Waals surface area contributed by atoms with E-state index in [9.17, 15) is 14.9 Å². The fourth-order valence-electron chi connectivity index (χ4n) is 2.48. The number of benzene rings is 1. The second-order valence-electron chi connectivity index (χ2n) is 5.85. The Morgan fingerprint density at radius 3 is 2.78 bits per heavy atom. The van der Waals surface area contributed by atoms with Crippen LogP contribution in [0.15, 0.2) is 30.6 Å². The molecule has 0 unspecified atom stereocenters. The molecule has 1 aromatic carbocycles. The number of carbonyl (C=O) groups excluding carboxylic acids is 1. The van der Waals surface area contributed by atoms with Gasteiger partial charge in [0, 0.05) is 19.3 Å². The highest BCUT2D eigenvalue weighted by Gasteiger charge is 2.25. The molecule has 0 saturated carbocycles. The van der Waals surface area contributed by atoms with E-state index in [4.69, 9.17) is 4.74 Å². The molecule has 0 aliphatic heterocycles. The summed E-state index contributed by atoms with van der Waals surface area (Å²) in [4.78, 5) is 32.9. The fourth-order valence-corrected chi connectivity index (χ4v) is 2.48. The third-order valence-electron chi connectivity index (χ3n) is 3.83. The summed E-state index contributed by atoms with van der Waals surface area (Å²) in [6.07, 6.45) is 3.14. The average molecular weight is 373 g/mol. The van der Waals surface area contributed by atoms with Gasteiger partial charge in [-0.1, -0.05) is 19.4 Å². The Morgan fingerprint density at radius 2 is 2.11 bits per heavy atom. The fraction of sp³-hybridized carbons (Fsp3) is 0.389. The minimum Gasteiger partial charge on any atom is -0.462 e. The quantitative estimate of drug-likeness (QED) is 0.404. The van der Waals surface area contributed by atoms with Crippen molar-refractivity contribution in [1.29, 1.82) is 0 Å². The van der Waals surface area contributed by atoms with Gasteiger partial charge in [-0.05, 0) is 31.5 Å². The Morgan fingerprint density at radius 1 is 1.33 bits per heavy atom. The zero-order valence-corrected chi connectivity index (χ0v) is 15.6. The third kappa shape index (κ3) is 5.13. The van der Waals surface area contributed by atoms with Crippen molar-refractivity contribution in [2.24, 2.45) is 0 Å². The summed E-state index contributed by atoms with van der Waals surface area (Å²) in [5.74, 6) is -0.153. The molecule has 27 heavy (non-hydrogen) atoms. The lowest BCUT2D eigenvalue weighted by atomic mass is 10.2. The zero-order chi connectivity index (χ0) is 19.8. The summed E-state index contributed by atoms with van der Waals surface area (Å²) in [5.41, 5.74) is 0.626. The van der Waals surface area contributed by atoms with Crippen molar-refractivity contribution in [3.63, 3.8) is 0 Å². The lowest BCUT2D eigenvalue weighted by molar-refractivity contribution is -0.383. The summed E-state index contributed by atoms with van der Waals surface area (Å²) in [6.45, 7) is 4.68. The summed E-state index contributed by atoms with van der Waals surface area (Å²) < 4.78 is 4.98. The van der Waals surface area contributed by atoms with Crippen LogP contribution in [0.1, 0.15) is 37.0 Å². The van der Waals surface area contributed by atoms with E-state index in [-0.39, 0.29) is 23.9 Å². The van der Waals surface area contributed by atoms with Crippen molar-refractivity contribution in [3.05, 3.63) is 46.3 Å². The molecule has 1 heterocycles. The van der Waals surface area contributed by atoms with E-state index in [0.717, 1.165) is 12.8 Å². The molecule has 144 valence electrons. The Labute approximate surface area is 157 Å². The molecule has 0 spiro atoms. The number of rotatable bonds is 9. The van der Waals surface area contributed by atoms with Crippen LogP contribution < -0.4 is 10.2 Å². The van der Waals surface area contributed by atoms with Crippen molar-refractivity contribution in [1.82, 2.24) is 9.97 Å². The van der Waals surface area contributed by atoms with Crippen molar-refractivity contribution < 1.29 is 14.5 Å². The molecule has 9 nitrogen and oxygen atoms in total. The Bertz CT molecular complexity index is 812. The van der Waals surface area contributed by atoms with Gasteiger partial charge in [-0.25, -0.2) is 14.8 Å². The maximum Gasteiger partial charge on any atom is 0.353 e. The van der Waals surface area contributed by atoms with Crippen LogP contribution in [0.3, 0.4) is 0 Å². The van der Waals surface area contributed by atoms with Gasteiger partial charge in [0.25, 0.3) is 0 Å². The zero-order valence-electron chi connectivity index (χ0n) is 15.6. The molecular formula is C18H23N5O4. The SMILES string of the molecule is CCCCN(C)c1ncnc(Nc2cccc(C(=O)OCC)c2)c1[N+](=O)[O-]. The number of nitro groups is 1. The molecule has 0 bridgehead atoms. The van der Waals surface area contributed by atoms with Gasteiger partial charge in [0.2, 0.25) is 11.6 Å². The summed E-state index contributed by atoms with van der Waals surface area (Å²) >= 11 is 0. The van der Waals surface area contributed by atoms with Crippen LogP contribution in [-0.2, 0) is 4.74 Å². The summed E-state index contributed by atoms with van der Waals surface area (Å²) in [6, 6.07) is 6.52. The van der Waals surface area contributed by atoms with Crippen molar-refractivity contribution in [3.8, 4) is 0 Å². The topological polar surface area (TPSA) is 110 Å². The van der Waals surface area contributed by atoms with Gasteiger partial charge in [0.05, 0.1) is 17.1 Å². The number of esters is 1. The lowest BCUT2D eigenvalue weighted by Gasteiger charge is -2.18. The second kappa shape index (κ2) is 9.46. The number of carbonyl (C=O) groups is 1. The summed E-state index contributed by atoms with van der Waals surface area (Å²) in [5, 5.41) is 14.6. The van der Waals surface area contributed by atoms with Crippen molar-refractivity contribution >= 4 is 29.0 Å². The maximum absolute atomic E-state index is 11.9. The minimum atomic E-state index is -0.505. The monoisotopic (exact) mass is 373 g/mol. The number of hydrogen-bond donors (Lipinski definition) is 1. The van der Waals surface area contributed by atoms with Crippen LogP contribution in [0.5, 0.6) is 0 Å². The van der Waals surface area contributed by atoms with Crippen LogP contribution in [0, 0.1) is 10.1 Å². The van der Waals surface area contributed by atoms with E-state index >= 15 is 0 Å². The van der Waals surface area contributed by atoms with E-state index in [1.165, 1.54) is 6.33 Å². The minimum absolute atomic E-state index is 0.0642. The number of anilines is 3. The van der Waals surface area contributed by atoms with Gasteiger partial charge in [-0.15, -0.1) is 0 Å². The first-order valence-corrected chi connectivity index (χ1v) is 8.72. The molecular weight excluding hydrogens is 350 g/mol. The van der Waals surface area contributed by atoms with Gasteiger partial charge in [0.15, 0.2) is 0 Å². The first-order chi connectivity index (χ1) is 13.0. The average Bonchev–Trinajstić information content (AvgIpc) is 2.66. The molecule has 1 N–H and O–H groups in total. The van der Waals surface area contributed by atoms with Crippen molar-refractivity contribution in [2.75, 3.05) is 30.4 Å². The normalized spacial score (nSPS) is 10.3. The number of hydrogen-bond acceptors (Lipinski definition) is 8. The predicted octanol–water partition coefficient (Wildman–Crippen LogP) is 3.54. The standard InChI is InChI=1S/C18H23N5O4/c1-4-6-10-22(3)17-15(23(25)26)16(19-12-20-17)21-14-9-7-8-13(11-14)18(24)27-5-2/h7-9,11-12H,4-6,10H2,1-3H3,(H,19,20,21). The Hall–Kier alpha value is -3.23. The number of ether oxygens (including phenoxy) is 1. The molecule has 2 rings (SSSR count). The lowest BCUT2D eigenvalue weighted by Crippen LogP contribution is -2.21. The first kappa shape index (κ1) is 20.1. The molecule has 0 saturated heterocycles. The number of nitrogens with one attached hydrogen (secondary N) is 1. The van der Waals surface area contributed by atoms with Crippen LogP contribution >= 0.6 is 0 Å². The van der Waals surface area contributed by atoms with Crippen LogP contribution in [0.4, 0.5) is 23.0 Å². The van der Waals surface area contributed by atoms with E-state index in [1.807, 2.05) is 6.92 Å². The van der Waals surface area contributed by atoms with E-state index in [2.05, 4.69) is 15.3 Å².